The van der Waals surface area contributed by atoms with Crippen LogP contribution in [0, 0.1) is 6.92 Å². The van der Waals surface area contributed by atoms with Gasteiger partial charge in [-0.1, -0.05) is 103 Å². The molecule has 0 saturated heterocycles. The van der Waals surface area contributed by atoms with Crippen LogP contribution in [0.1, 0.15) is 41.7 Å². The minimum absolute atomic E-state index is 0.221. The predicted octanol–water partition coefficient (Wildman–Crippen LogP) is 9.95. The molecule has 206 valence electrons. The topological polar surface area (TPSA) is 21.7 Å². The number of hydrogen-bond acceptors (Lipinski definition) is 3. The first-order chi connectivity index (χ1) is 20.1. The molecule has 0 heterocycles. The summed E-state index contributed by atoms with van der Waals surface area (Å²) in [7, 11) is 0. The van der Waals surface area contributed by atoms with Crippen molar-refractivity contribution in [2.24, 2.45) is 0 Å². The molecule has 41 heavy (non-hydrogen) atoms. The van der Waals surface area contributed by atoms with E-state index in [0.717, 1.165) is 28.2 Å². The van der Waals surface area contributed by atoms with Crippen LogP contribution in [0.25, 0.3) is 11.6 Å². The lowest BCUT2D eigenvalue weighted by atomic mass is 9.95. The molecule has 1 unspecified atom stereocenters. The van der Waals surface area contributed by atoms with Crippen LogP contribution in [0.15, 0.2) is 133 Å². The van der Waals surface area contributed by atoms with E-state index in [-0.39, 0.29) is 6.29 Å². The van der Waals surface area contributed by atoms with Crippen LogP contribution in [-0.2, 0) is 16.1 Å². The van der Waals surface area contributed by atoms with Crippen molar-refractivity contribution in [1.82, 2.24) is 0 Å². The van der Waals surface area contributed by atoms with Gasteiger partial charge >= 0.3 is 0 Å². The maximum absolute atomic E-state index is 5.81. The molecule has 0 aliphatic heterocycles. The van der Waals surface area contributed by atoms with Gasteiger partial charge < -0.3 is 14.4 Å². The van der Waals surface area contributed by atoms with Gasteiger partial charge in [0.25, 0.3) is 0 Å². The van der Waals surface area contributed by atoms with Gasteiger partial charge in [-0.3, -0.25) is 0 Å². The first kappa shape index (κ1) is 28.1. The van der Waals surface area contributed by atoms with Crippen LogP contribution in [0.5, 0.6) is 0 Å². The monoisotopic (exact) mass is 539 g/mol. The molecule has 0 aliphatic carbocycles. The van der Waals surface area contributed by atoms with E-state index in [4.69, 9.17) is 9.47 Å². The molecule has 0 bridgehead atoms. The minimum atomic E-state index is -0.221. The fraction of sp³-hybridized carbons (Fsp3) is 0.158. The first-order valence-corrected chi connectivity index (χ1v) is 14.2. The van der Waals surface area contributed by atoms with Gasteiger partial charge in [-0.05, 0) is 91.1 Å². The third kappa shape index (κ3) is 7.40. The lowest BCUT2D eigenvalue weighted by Gasteiger charge is -2.26. The molecular formula is C38H37NO2. The van der Waals surface area contributed by atoms with E-state index in [9.17, 15) is 0 Å². The zero-order chi connectivity index (χ0) is 28.4. The van der Waals surface area contributed by atoms with Gasteiger partial charge in [-0.15, -0.1) is 0 Å². The fourth-order valence-electron chi connectivity index (χ4n) is 4.83. The van der Waals surface area contributed by atoms with E-state index in [0.29, 0.717) is 13.2 Å². The largest absolute Gasteiger partial charge is 0.353 e. The molecular weight excluding hydrogens is 502 g/mol. The Morgan fingerprint density at radius 3 is 1.78 bits per heavy atom. The zero-order valence-electron chi connectivity index (χ0n) is 24.0. The number of hydrogen-bond donors (Lipinski definition) is 0. The van der Waals surface area contributed by atoms with Gasteiger partial charge in [0.05, 0.1) is 6.61 Å². The molecule has 0 spiro atoms. The van der Waals surface area contributed by atoms with Crippen LogP contribution < -0.4 is 4.90 Å². The van der Waals surface area contributed by atoms with Crippen LogP contribution in [0.3, 0.4) is 0 Å². The van der Waals surface area contributed by atoms with E-state index in [2.05, 4.69) is 145 Å². The number of anilines is 3. The molecule has 0 fully saturated rings. The summed E-state index contributed by atoms with van der Waals surface area (Å²) in [5.74, 6) is 0. The van der Waals surface area contributed by atoms with E-state index >= 15 is 0 Å². The van der Waals surface area contributed by atoms with Gasteiger partial charge in [0.1, 0.15) is 0 Å². The van der Waals surface area contributed by atoms with Crippen molar-refractivity contribution in [3.05, 3.63) is 161 Å². The SMILES string of the molecule is CCOC(C)OCc1ccc(N(c2ccccc2)c2ccc(C=C(c3ccccc3)c3ccc(C)cc3)cc2)cc1. The Kier molecular flexibility index (Phi) is 9.43. The van der Waals surface area contributed by atoms with Crippen LogP contribution >= 0.6 is 0 Å². The van der Waals surface area contributed by atoms with Gasteiger partial charge in [-0.25, -0.2) is 0 Å². The lowest BCUT2D eigenvalue weighted by molar-refractivity contribution is -0.134. The maximum Gasteiger partial charge on any atom is 0.155 e. The average Bonchev–Trinajstić information content (AvgIpc) is 3.02. The van der Waals surface area contributed by atoms with Gasteiger partial charge in [0.15, 0.2) is 6.29 Å². The second-order valence-corrected chi connectivity index (χ2v) is 10.1. The highest BCUT2D eigenvalue weighted by Gasteiger charge is 2.13. The Morgan fingerprint density at radius 1 is 0.634 bits per heavy atom. The van der Waals surface area contributed by atoms with E-state index in [1.54, 1.807) is 0 Å². The van der Waals surface area contributed by atoms with Crippen molar-refractivity contribution in [3.63, 3.8) is 0 Å². The van der Waals surface area contributed by atoms with Gasteiger partial charge in [-0.2, -0.15) is 0 Å². The number of para-hydroxylation sites is 1. The molecule has 3 heteroatoms. The predicted molar refractivity (Wildman–Crippen MR) is 172 cm³/mol. The van der Waals surface area contributed by atoms with Crippen molar-refractivity contribution >= 4 is 28.7 Å². The summed E-state index contributed by atoms with van der Waals surface area (Å²) < 4.78 is 11.3. The highest BCUT2D eigenvalue weighted by molar-refractivity contribution is 5.91. The number of rotatable bonds is 11. The molecule has 0 aromatic heterocycles. The highest BCUT2D eigenvalue weighted by Crippen LogP contribution is 2.35. The number of nitrogens with zero attached hydrogens (tertiary/aromatic N) is 1. The quantitative estimate of drug-likeness (QED) is 0.123. The summed E-state index contributed by atoms with van der Waals surface area (Å²) in [6.07, 6.45) is 2.05. The Bertz CT molecular complexity index is 1530. The molecule has 5 aromatic carbocycles. The summed E-state index contributed by atoms with van der Waals surface area (Å²) in [4.78, 5) is 2.28. The molecule has 0 saturated carbocycles. The van der Waals surface area contributed by atoms with Crippen LogP contribution in [-0.4, -0.2) is 12.9 Å². The van der Waals surface area contributed by atoms with Crippen molar-refractivity contribution < 1.29 is 9.47 Å². The minimum Gasteiger partial charge on any atom is -0.353 e. The third-order valence-electron chi connectivity index (χ3n) is 7.00. The highest BCUT2D eigenvalue weighted by atomic mass is 16.7. The summed E-state index contributed by atoms with van der Waals surface area (Å²) in [6, 6.07) is 47.1. The summed E-state index contributed by atoms with van der Waals surface area (Å²) >= 11 is 0. The average molecular weight is 540 g/mol. The van der Waals surface area contributed by atoms with E-state index in [1.807, 2.05) is 19.9 Å². The van der Waals surface area contributed by atoms with Crippen molar-refractivity contribution in [3.8, 4) is 0 Å². The van der Waals surface area contributed by atoms with Crippen LogP contribution in [0.4, 0.5) is 17.1 Å². The van der Waals surface area contributed by atoms with Gasteiger partial charge in [0, 0.05) is 23.7 Å². The van der Waals surface area contributed by atoms with Crippen molar-refractivity contribution in [1.29, 1.82) is 0 Å². The second kappa shape index (κ2) is 13.8. The Hall–Kier alpha value is -4.44. The first-order valence-electron chi connectivity index (χ1n) is 14.2. The molecule has 0 radical (unpaired) electrons. The van der Waals surface area contributed by atoms with Crippen molar-refractivity contribution in [2.75, 3.05) is 11.5 Å². The Morgan fingerprint density at radius 2 is 1.17 bits per heavy atom. The summed E-state index contributed by atoms with van der Waals surface area (Å²) in [6.45, 7) is 7.18. The molecule has 0 amide bonds. The summed E-state index contributed by atoms with van der Waals surface area (Å²) in [5.41, 5.74) is 10.4. The number of benzene rings is 5. The lowest BCUT2D eigenvalue weighted by Crippen LogP contribution is -2.12. The number of ether oxygens (including phenoxy) is 2. The zero-order valence-corrected chi connectivity index (χ0v) is 24.0. The molecule has 5 rings (SSSR count). The van der Waals surface area contributed by atoms with E-state index in [1.165, 1.54) is 22.3 Å². The standard InChI is InChI=1S/C38H37NO2/c1-4-40-30(3)41-28-32-19-25-37(26-20-32)39(35-13-9-6-10-14-35)36-23-17-31(18-24-36)27-38(33-11-7-5-8-12-33)34-21-15-29(2)16-22-34/h5-27,30H,4,28H2,1-3H3. The fourth-order valence-corrected chi connectivity index (χ4v) is 4.83. The van der Waals surface area contributed by atoms with Crippen molar-refractivity contribution in [2.45, 2.75) is 33.7 Å². The third-order valence-corrected chi connectivity index (χ3v) is 7.00. The molecule has 1 atom stereocenters. The Balaban J connectivity index is 1.45. The number of aryl methyl sites for hydroxylation is 1. The smallest absolute Gasteiger partial charge is 0.155 e. The van der Waals surface area contributed by atoms with Gasteiger partial charge in [0.2, 0.25) is 0 Å². The molecule has 5 aromatic rings. The van der Waals surface area contributed by atoms with E-state index < -0.39 is 0 Å². The molecule has 0 N–H and O–H groups in total. The molecule has 0 aliphatic rings. The Labute approximate surface area is 244 Å². The maximum atomic E-state index is 5.81. The molecule has 3 nitrogen and oxygen atoms in total. The normalized spacial score (nSPS) is 12.2. The second-order valence-electron chi connectivity index (χ2n) is 10.1. The van der Waals surface area contributed by atoms with Crippen LogP contribution in [0.2, 0.25) is 0 Å². The summed E-state index contributed by atoms with van der Waals surface area (Å²) in [5, 5.41) is 0.